The van der Waals surface area contributed by atoms with E-state index in [2.05, 4.69) is 10.3 Å². The molecule has 1 aliphatic rings. The molecule has 33 heavy (non-hydrogen) atoms. The van der Waals surface area contributed by atoms with E-state index >= 15 is 0 Å². The van der Waals surface area contributed by atoms with Crippen LogP contribution in [-0.4, -0.2) is 51.8 Å². The first-order valence-electron chi connectivity index (χ1n) is 10.7. The first kappa shape index (κ1) is 23.1. The summed E-state index contributed by atoms with van der Waals surface area (Å²) in [7, 11) is 1.59. The second kappa shape index (κ2) is 9.80. The number of benzene rings is 2. The largest absolute Gasteiger partial charge is 0.494 e. The molecule has 4 rings (SSSR count). The number of aromatic nitrogens is 2. The Balaban J connectivity index is 1.54. The van der Waals surface area contributed by atoms with Gasteiger partial charge in [-0.3, -0.25) is 4.79 Å². The SMILES string of the molecule is COc1cc(NC2CCCN(C(CO)c3cc(F)cc(Cl)c3)C2=O)ccc1-n1cnc(C)c1. The van der Waals surface area contributed by atoms with Gasteiger partial charge in [-0.25, -0.2) is 9.37 Å². The lowest BCUT2D eigenvalue weighted by molar-refractivity contribution is -0.138. The van der Waals surface area contributed by atoms with Gasteiger partial charge in [-0.2, -0.15) is 0 Å². The number of carbonyl (C=O) groups excluding carboxylic acids is 1. The van der Waals surface area contributed by atoms with Crippen LogP contribution in [0.15, 0.2) is 48.9 Å². The number of aliphatic hydroxyl groups excluding tert-OH is 1. The summed E-state index contributed by atoms with van der Waals surface area (Å²) in [6.07, 6.45) is 5.01. The van der Waals surface area contributed by atoms with Gasteiger partial charge in [0.25, 0.3) is 0 Å². The quantitative estimate of drug-likeness (QED) is 0.540. The van der Waals surface area contributed by atoms with Gasteiger partial charge in [0.1, 0.15) is 17.6 Å². The maximum absolute atomic E-state index is 13.9. The van der Waals surface area contributed by atoms with Crippen molar-refractivity contribution >= 4 is 23.2 Å². The average Bonchev–Trinajstić information content (AvgIpc) is 3.22. The van der Waals surface area contributed by atoms with Crippen molar-refractivity contribution in [3.05, 3.63) is 71.0 Å². The minimum atomic E-state index is -0.670. The van der Waals surface area contributed by atoms with E-state index in [0.717, 1.165) is 23.5 Å². The van der Waals surface area contributed by atoms with Crippen LogP contribution in [0.4, 0.5) is 10.1 Å². The third-order valence-electron chi connectivity index (χ3n) is 5.80. The molecule has 174 valence electrons. The van der Waals surface area contributed by atoms with Gasteiger partial charge >= 0.3 is 0 Å². The lowest BCUT2D eigenvalue weighted by Crippen LogP contribution is -2.49. The molecule has 2 N–H and O–H groups in total. The third kappa shape index (κ3) is 4.96. The standard InChI is InChI=1S/C24H26ClFN4O3/c1-15-12-29(14-27-15)21-6-5-19(11-23(21)33-2)28-20-4-3-7-30(24(20)32)22(13-31)16-8-17(25)10-18(26)9-16/h5-6,8-12,14,20,22,28,31H,3-4,7,13H2,1-2H3. The number of hydrogen-bond acceptors (Lipinski definition) is 5. The Hall–Kier alpha value is -3.10. The Morgan fingerprint density at radius 1 is 1.33 bits per heavy atom. The summed E-state index contributed by atoms with van der Waals surface area (Å²) in [5.41, 5.74) is 2.94. The Morgan fingerprint density at radius 2 is 2.15 bits per heavy atom. The van der Waals surface area contributed by atoms with E-state index in [9.17, 15) is 14.3 Å². The maximum atomic E-state index is 13.9. The van der Waals surface area contributed by atoms with Gasteiger partial charge in [-0.15, -0.1) is 0 Å². The number of hydrogen-bond donors (Lipinski definition) is 2. The molecule has 2 heterocycles. The number of carbonyl (C=O) groups is 1. The summed E-state index contributed by atoms with van der Waals surface area (Å²) in [6.45, 7) is 2.06. The third-order valence-corrected chi connectivity index (χ3v) is 6.02. The van der Waals surface area contributed by atoms with Gasteiger partial charge in [-0.05, 0) is 55.7 Å². The number of nitrogens with one attached hydrogen (secondary N) is 1. The van der Waals surface area contributed by atoms with Crippen molar-refractivity contribution in [1.29, 1.82) is 0 Å². The minimum Gasteiger partial charge on any atom is -0.494 e. The summed E-state index contributed by atoms with van der Waals surface area (Å²) in [6, 6.07) is 8.56. The van der Waals surface area contributed by atoms with E-state index in [1.807, 2.05) is 35.9 Å². The Kier molecular flexibility index (Phi) is 6.85. The minimum absolute atomic E-state index is 0.158. The highest BCUT2D eigenvalue weighted by Gasteiger charge is 2.34. The Morgan fingerprint density at radius 3 is 2.82 bits per heavy atom. The van der Waals surface area contributed by atoms with Crippen molar-refractivity contribution in [2.24, 2.45) is 0 Å². The zero-order valence-corrected chi connectivity index (χ0v) is 19.2. The first-order chi connectivity index (χ1) is 15.9. The molecule has 2 aromatic carbocycles. The van der Waals surface area contributed by atoms with Gasteiger partial charge < -0.3 is 24.6 Å². The average molecular weight is 473 g/mol. The molecule has 0 radical (unpaired) electrons. The van der Waals surface area contributed by atoms with E-state index in [1.54, 1.807) is 24.4 Å². The van der Waals surface area contributed by atoms with Gasteiger partial charge in [0.15, 0.2) is 0 Å². The number of aliphatic hydroxyl groups is 1. The highest BCUT2D eigenvalue weighted by Crippen LogP contribution is 2.31. The van der Waals surface area contributed by atoms with E-state index in [4.69, 9.17) is 16.3 Å². The molecule has 9 heteroatoms. The fraction of sp³-hybridized carbons (Fsp3) is 0.333. The van der Waals surface area contributed by atoms with Crippen molar-refractivity contribution in [1.82, 2.24) is 14.5 Å². The lowest BCUT2D eigenvalue weighted by Gasteiger charge is -2.38. The lowest BCUT2D eigenvalue weighted by atomic mass is 9.98. The molecule has 2 unspecified atom stereocenters. The topological polar surface area (TPSA) is 79.6 Å². The number of nitrogens with zero attached hydrogens (tertiary/aromatic N) is 3. The van der Waals surface area contributed by atoms with Crippen LogP contribution in [-0.2, 0) is 4.79 Å². The molecule has 1 aromatic heterocycles. The summed E-state index contributed by atoms with van der Waals surface area (Å²) >= 11 is 5.99. The summed E-state index contributed by atoms with van der Waals surface area (Å²) < 4.78 is 21.3. The number of likely N-dealkylation sites (tertiary alicyclic amines) is 1. The molecule has 1 saturated heterocycles. The number of piperidine rings is 1. The zero-order chi connectivity index (χ0) is 23.5. The van der Waals surface area contributed by atoms with Gasteiger partial charge in [0, 0.05) is 29.5 Å². The monoisotopic (exact) mass is 472 g/mol. The van der Waals surface area contributed by atoms with E-state index in [-0.39, 0.29) is 17.5 Å². The molecular weight excluding hydrogens is 447 g/mol. The van der Waals surface area contributed by atoms with Crippen LogP contribution in [0.2, 0.25) is 5.02 Å². The summed E-state index contributed by atoms with van der Waals surface area (Å²) in [4.78, 5) is 19.1. The van der Waals surface area contributed by atoms with Crippen LogP contribution in [0.3, 0.4) is 0 Å². The molecule has 0 saturated carbocycles. The molecular formula is C24H26ClFN4O3. The van der Waals surface area contributed by atoms with Crippen molar-refractivity contribution in [3.63, 3.8) is 0 Å². The fourth-order valence-electron chi connectivity index (χ4n) is 4.23. The molecule has 3 aromatic rings. The number of anilines is 1. The molecule has 1 fully saturated rings. The molecule has 7 nitrogen and oxygen atoms in total. The highest BCUT2D eigenvalue weighted by molar-refractivity contribution is 6.30. The van der Waals surface area contributed by atoms with Crippen molar-refractivity contribution < 1.29 is 19.0 Å². The number of imidazole rings is 1. The van der Waals surface area contributed by atoms with Crippen LogP contribution < -0.4 is 10.1 Å². The number of aryl methyl sites for hydroxylation is 1. The molecule has 2 atom stereocenters. The van der Waals surface area contributed by atoms with Crippen LogP contribution in [0.1, 0.15) is 30.1 Å². The van der Waals surface area contributed by atoms with E-state index in [0.29, 0.717) is 24.3 Å². The van der Waals surface area contributed by atoms with Crippen LogP contribution in [0.25, 0.3) is 5.69 Å². The van der Waals surface area contributed by atoms with Gasteiger partial charge in [0.05, 0.1) is 37.5 Å². The fourth-order valence-corrected chi connectivity index (χ4v) is 4.46. The van der Waals surface area contributed by atoms with Gasteiger partial charge in [-0.1, -0.05) is 11.6 Å². The molecule has 0 aliphatic carbocycles. The van der Waals surface area contributed by atoms with Crippen molar-refractivity contribution in [2.75, 3.05) is 25.6 Å². The second-order valence-electron chi connectivity index (χ2n) is 8.08. The molecule has 0 bridgehead atoms. The predicted molar refractivity (Wildman–Crippen MR) is 124 cm³/mol. The summed E-state index contributed by atoms with van der Waals surface area (Å²) in [5.74, 6) is -0.0236. The maximum Gasteiger partial charge on any atom is 0.245 e. The van der Waals surface area contributed by atoms with Crippen LogP contribution >= 0.6 is 11.6 Å². The first-order valence-corrected chi connectivity index (χ1v) is 11.1. The molecule has 1 aliphatic heterocycles. The van der Waals surface area contributed by atoms with E-state index < -0.39 is 17.9 Å². The second-order valence-corrected chi connectivity index (χ2v) is 8.52. The van der Waals surface area contributed by atoms with E-state index in [1.165, 1.54) is 12.1 Å². The predicted octanol–water partition coefficient (Wildman–Crippen LogP) is 4.12. The highest BCUT2D eigenvalue weighted by atomic mass is 35.5. The zero-order valence-electron chi connectivity index (χ0n) is 18.5. The Bertz CT molecular complexity index is 1130. The number of methoxy groups -OCH3 is 1. The van der Waals surface area contributed by atoms with Gasteiger partial charge in [0.2, 0.25) is 5.91 Å². The number of ether oxygens (including phenoxy) is 1. The molecule has 1 amide bonds. The number of amides is 1. The Labute approximate surface area is 196 Å². The van der Waals surface area contributed by atoms with Crippen molar-refractivity contribution in [3.8, 4) is 11.4 Å². The smallest absolute Gasteiger partial charge is 0.245 e. The molecule has 0 spiro atoms. The van der Waals surface area contributed by atoms with Crippen LogP contribution in [0, 0.1) is 12.7 Å². The number of halogens is 2. The van der Waals surface area contributed by atoms with Crippen molar-refractivity contribution in [2.45, 2.75) is 31.8 Å². The normalized spacial score (nSPS) is 17.2. The number of rotatable bonds is 7. The summed E-state index contributed by atoms with van der Waals surface area (Å²) in [5, 5.41) is 13.5. The van der Waals surface area contributed by atoms with Crippen LogP contribution in [0.5, 0.6) is 5.75 Å².